The molecule has 0 fully saturated rings. The fourth-order valence-corrected chi connectivity index (χ4v) is 1.66. The summed E-state index contributed by atoms with van der Waals surface area (Å²) in [6.07, 6.45) is 2.72. The SMILES string of the molecule is CCNc1nc(NCCc2ccn(C)n2)nc(OC)n1. The standard InChI is InChI=1S/C12H19N7O/c1-4-13-10-15-11(17-12(16-10)20-3)14-7-5-9-6-8-19(2)18-9/h6,8H,4-5,7H2,1-3H3,(H2,13,14,15,16,17). The van der Waals surface area contributed by atoms with Crippen molar-refractivity contribution in [2.45, 2.75) is 13.3 Å². The van der Waals surface area contributed by atoms with Crippen LogP contribution in [0, 0.1) is 0 Å². The van der Waals surface area contributed by atoms with Crippen LogP contribution in [-0.4, -0.2) is 44.9 Å². The fraction of sp³-hybridized carbons (Fsp3) is 0.500. The Labute approximate surface area is 117 Å². The van der Waals surface area contributed by atoms with Crippen LogP contribution in [0.2, 0.25) is 0 Å². The van der Waals surface area contributed by atoms with Gasteiger partial charge in [0, 0.05) is 32.8 Å². The lowest BCUT2D eigenvalue weighted by molar-refractivity contribution is 0.379. The predicted octanol–water partition coefficient (Wildman–Crippen LogP) is 0.700. The van der Waals surface area contributed by atoms with Gasteiger partial charge >= 0.3 is 6.01 Å². The molecule has 0 atom stereocenters. The minimum absolute atomic E-state index is 0.288. The van der Waals surface area contributed by atoms with Gasteiger partial charge in [-0.15, -0.1) is 0 Å². The van der Waals surface area contributed by atoms with Crippen LogP contribution in [0.4, 0.5) is 11.9 Å². The highest BCUT2D eigenvalue weighted by molar-refractivity contribution is 5.35. The molecule has 8 heteroatoms. The summed E-state index contributed by atoms with van der Waals surface area (Å²) in [5.41, 5.74) is 1.02. The molecule has 0 aliphatic rings. The number of nitrogens with one attached hydrogen (secondary N) is 2. The average Bonchev–Trinajstić information content (AvgIpc) is 2.84. The second-order valence-electron chi connectivity index (χ2n) is 4.16. The van der Waals surface area contributed by atoms with E-state index in [1.54, 1.807) is 4.68 Å². The van der Waals surface area contributed by atoms with Gasteiger partial charge in [-0.1, -0.05) is 0 Å². The number of hydrogen-bond donors (Lipinski definition) is 2. The Kier molecular flexibility index (Phi) is 4.70. The van der Waals surface area contributed by atoms with Gasteiger partial charge in [-0.05, 0) is 13.0 Å². The monoisotopic (exact) mass is 277 g/mol. The van der Waals surface area contributed by atoms with E-state index in [-0.39, 0.29) is 6.01 Å². The minimum atomic E-state index is 0.288. The molecule has 2 aromatic heterocycles. The first-order chi connectivity index (χ1) is 9.71. The molecule has 0 amide bonds. The quantitative estimate of drug-likeness (QED) is 0.770. The molecule has 2 aromatic rings. The molecule has 108 valence electrons. The summed E-state index contributed by atoms with van der Waals surface area (Å²) in [4.78, 5) is 12.5. The van der Waals surface area contributed by atoms with E-state index in [1.165, 1.54) is 7.11 Å². The topological polar surface area (TPSA) is 89.8 Å². The molecule has 8 nitrogen and oxygen atoms in total. The lowest BCUT2D eigenvalue weighted by atomic mass is 10.3. The Balaban J connectivity index is 1.95. The summed E-state index contributed by atoms with van der Waals surface area (Å²) in [7, 11) is 3.43. The first-order valence-corrected chi connectivity index (χ1v) is 6.47. The van der Waals surface area contributed by atoms with Crippen LogP contribution in [0.25, 0.3) is 0 Å². The third-order valence-corrected chi connectivity index (χ3v) is 2.57. The van der Waals surface area contributed by atoms with E-state index in [1.807, 2.05) is 26.2 Å². The largest absolute Gasteiger partial charge is 0.467 e. The van der Waals surface area contributed by atoms with Gasteiger partial charge in [0.25, 0.3) is 0 Å². The second kappa shape index (κ2) is 6.69. The van der Waals surface area contributed by atoms with Crippen molar-refractivity contribution in [2.75, 3.05) is 30.8 Å². The zero-order valence-electron chi connectivity index (χ0n) is 11.9. The molecule has 0 aromatic carbocycles. The first kappa shape index (κ1) is 14.0. The summed E-state index contributed by atoms with van der Waals surface area (Å²) in [5, 5.41) is 10.5. The average molecular weight is 277 g/mol. The highest BCUT2D eigenvalue weighted by Gasteiger charge is 2.06. The van der Waals surface area contributed by atoms with Crippen molar-refractivity contribution in [2.24, 2.45) is 7.05 Å². The highest BCUT2D eigenvalue weighted by Crippen LogP contribution is 2.10. The normalized spacial score (nSPS) is 10.3. The first-order valence-electron chi connectivity index (χ1n) is 6.47. The Hall–Kier alpha value is -2.38. The summed E-state index contributed by atoms with van der Waals surface area (Å²) in [5.74, 6) is 0.989. The van der Waals surface area contributed by atoms with Crippen LogP contribution in [-0.2, 0) is 13.5 Å². The molecule has 2 N–H and O–H groups in total. The van der Waals surface area contributed by atoms with Crippen molar-refractivity contribution in [1.82, 2.24) is 24.7 Å². The number of methoxy groups -OCH3 is 1. The van der Waals surface area contributed by atoms with E-state index >= 15 is 0 Å². The third kappa shape index (κ3) is 3.81. The lowest BCUT2D eigenvalue weighted by Crippen LogP contribution is -2.12. The number of aryl methyl sites for hydroxylation is 1. The van der Waals surface area contributed by atoms with Gasteiger partial charge in [0.05, 0.1) is 12.8 Å². The molecule has 0 saturated heterocycles. The van der Waals surface area contributed by atoms with Crippen LogP contribution >= 0.6 is 0 Å². The molecule has 0 unspecified atom stereocenters. The van der Waals surface area contributed by atoms with E-state index in [4.69, 9.17) is 4.74 Å². The van der Waals surface area contributed by atoms with Crippen molar-refractivity contribution >= 4 is 11.9 Å². The Morgan fingerprint density at radius 1 is 1.20 bits per heavy atom. The van der Waals surface area contributed by atoms with Crippen molar-refractivity contribution in [3.05, 3.63) is 18.0 Å². The number of nitrogens with zero attached hydrogens (tertiary/aromatic N) is 5. The van der Waals surface area contributed by atoms with Gasteiger partial charge in [-0.2, -0.15) is 20.1 Å². The van der Waals surface area contributed by atoms with E-state index in [9.17, 15) is 0 Å². The van der Waals surface area contributed by atoms with Gasteiger partial charge in [0.2, 0.25) is 11.9 Å². The number of anilines is 2. The molecule has 0 spiro atoms. The van der Waals surface area contributed by atoms with Gasteiger partial charge in [-0.3, -0.25) is 4.68 Å². The number of rotatable bonds is 7. The Morgan fingerprint density at radius 3 is 2.55 bits per heavy atom. The molecule has 0 radical (unpaired) electrons. The maximum Gasteiger partial charge on any atom is 0.322 e. The van der Waals surface area contributed by atoms with Crippen molar-refractivity contribution in [3.63, 3.8) is 0 Å². The minimum Gasteiger partial charge on any atom is -0.467 e. The summed E-state index contributed by atoms with van der Waals surface area (Å²) < 4.78 is 6.83. The summed E-state index contributed by atoms with van der Waals surface area (Å²) >= 11 is 0. The van der Waals surface area contributed by atoms with Crippen LogP contribution < -0.4 is 15.4 Å². The molecular weight excluding hydrogens is 258 g/mol. The molecule has 0 saturated carbocycles. The van der Waals surface area contributed by atoms with E-state index in [0.29, 0.717) is 18.4 Å². The molecular formula is C12H19N7O. The van der Waals surface area contributed by atoms with Crippen LogP contribution in [0.15, 0.2) is 12.3 Å². The zero-order valence-corrected chi connectivity index (χ0v) is 11.9. The van der Waals surface area contributed by atoms with Crippen molar-refractivity contribution in [3.8, 4) is 6.01 Å². The maximum absolute atomic E-state index is 5.05. The smallest absolute Gasteiger partial charge is 0.322 e. The third-order valence-electron chi connectivity index (χ3n) is 2.57. The van der Waals surface area contributed by atoms with Gasteiger partial charge in [0.15, 0.2) is 0 Å². The maximum atomic E-state index is 5.05. The van der Waals surface area contributed by atoms with Crippen LogP contribution in [0.5, 0.6) is 6.01 Å². The molecule has 20 heavy (non-hydrogen) atoms. The lowest BCUT2D eigenvalue weighted by Gasteiger charge is -2.08. The highest BCUT2D eigenvalue weighted by atomic mass is 16.5. The van der Waals surface area contributed by atoms with E-state index in [0.717, 1.165) is 18.7 Å². The van der Waals surface area contributed by atoms with Gasteiger partial charge in [0.1, 0.15) is 0 Å². The summed E-state index contributed by atoms with van der Waals surface area (Å²) in [6.45, 7) is 3.40. The Bertz CT molecular complexity index is 554. The fourth-order valence-electron chi connectivity index (χ4n) is 1.66. The molecule has 0 aliphatic carbocycles. The Morgan fingerprint density at radius 2 is 1.95 bits per heavy atom. The number of aromatic nitrogens is 5. The van der Waals surface area contributed by atoms with Crippen molar-refractivity contribution in [1.29, 1.82) is 0 Å². The van der Waals surface area contributed by atoms with Gasteiger partial charge in [-0.25, -0.2) is 0 Å². The van der Waals surface area contributed by atoms with Gasteiger partial charge < -0.3 is 15.4 Å². The molecule has 0 bridgehead atoms. The molecule has 2 heterocycles. The molecule has 2 rings (SSSR count). The van der Waals surface area contributed by atoms with Crippen LogP contribution in [0.3, 0.4) is 0 Å². The van der Waals surface area contributed by atoms with Crippen molar-refractivity contribution < 1.29 is 4.74 Å². The number of ether oxygens (including phenoxy) is 1. The second-order valence-corrected chi connectivity index (χ2v) is 4.16. The molecule has 0 aliphatic heterocycles. The van der Waals surface area contributed by atoms with Crippen LogP contribution in [0.1, 0.15) is 12.6 Å². The predicted molar refractivity (Wildman–Crippen MR) is 75.9 cm³/mol. The number of hydrogen-bond acceptors (Lipinski definition) is 7. The summed E-state index contributed by atoms with van der Waals surface area (Å²) in [6, 6.07) is 2.27. The zero-order chi connectivity index (χ0) is 14.4. The van der Waals surface area contributed by atoms with E-state index < -0.39 is 0 Å². The van der Waals surface area contributed by atoms with E-state index in [2.05, 4.69) is 30.7 Å².